The summed E-state index contributed by atoms with van der Waals surface area (Å²) in [6.45, 7) is 0. The Morgan fingerprint density at radius 2 is 0.429 bits per heavy atom. The standard InChI is InChI=1S/C73H50N2O2/c1-4-16-51(17-5-1)54-28-38-59(39-29-54)74(60-40-30-55(31-41-60)52-18-6-2-7-19-52)61-42-34-57(35-43-61)58-36-46-63(47-37-58)75(62-44-32-56(33-45-62)53-20-8-3-9-21-53)64-48-49-68-72(50-64)77-71-27-15-12-24-67(71)73(68)65-22-10-13-25-69(65)76-70-26-14-11-23-66(70)73/h1-50H. The summed E-state index contributed by atoms with van der Waals surface area (Å²) in [6, 6.07) is 108. The third-order valence-electron chi connectivity index (χ3n) is 15.2. The lowest BCUT2D eigenvalue weighted by Crippen LogP contribution is -2.36. The van der Waals surface area contributed by atoms with Gasteiger partial charge in [-0.25, -0.2) is 0 Å². The van der Waals surface area contributed by atoms with E-state index in [2.05, 4.69) is 301 Å². The van der Waals surface area contributed by atoms with E-state index in [9.17, 15) is 0 Å². The Kier molecular flexibility index (Phi) is 11.4. The molecule has 12 aromatic carbocycles. The van der Waals surface area contributed by atoms with Crippen LogP contribution in [0.2, 0.25) is 0 Å². The van der Waals surface area contributed by atoms with Crippen molar-refractivity contribution in [2.24, 2.45) is 0 Å². The minimum absolute atomic E-state index is 0.676. The SMILES string of the molecule is c1ccc(-c2ccc(N(c3ccc(-c4ccccc4)cc3)c3ccc(-c4ccc(N(c5ccc(-c6ccccc6)cc5)c5ccc6c(c5)Oc5ccccc5C65c6ccccc6Oc6ccccc65)cc4)cc3)cc2)cc1. The molecule has 0 radical (unpaired) electrons. The summed E-state index contributed by atoms with van der Waals surface area (Å²) in [5, 5.41) is 0. The van der Waals surface area contributed by atoms with E-state index >= 15 is 0 Å². The number of hydrogen-bond donors (Lipinski definition) is 0. The summed E-state index contributed by atoms with van der Waals surface area (Å²) in [6.07, 6.45) is 0. The van der Waals surface area contributed by atoms with Crippen molar-refractivity contribution in [1.82, 2.24) is 0 Å². The van der Waals surface area contributed by atoms with Gasteiger partial charge in [0.25, 0.3) is 0 Å². The van der Waals surface area contributed by atoms with Crippen LogP contribution in [0.25, 0.3) is 44.5 Å². The van der Waals surface area contributed by atoms with Gasteiger partial charge in [-0.05, 0) is 129 Å². The maximum absolute atomic E-state index is 7.01. The van der Waals surface area contributed by atoms with Gasteiger partial charge in [0, 0.05) is 62.4 Å². The van der Waals surface area contributed by atoms with Crippen molar-refractivity contribution in [2.45, 2.75) is 5.41 Å². The first-order chi connectivity index (χ1) is 38.2. The second-order valence-corrected chi connectivity index (χ2v) is 19.6. The second-order valence-electron chi connectivity index (χ2n) is 19.6. The highest BCUT2D eigenvalue weighted by molar-refractivity contribution is 5.85. The van der Waals surface area contributed by atoms with Crippen LogP contribution >= 0.6 is 0 Å². The number of hydrogen-bond acceptors (Lipinski definition) is 4. The van der Waals surface area contributed by atoms with E-state index in [1.54, 1.807) is 0 Å². The van der Waals surface area contributed by atoms with Crippen LogP contribution in [0.5, 0.6) is 23.0 Å². The van der Waals surface area contributed by atoms with Gasteiger partial charge in [0.2, 0.25) is 0 Å². The van der Waals surface area contributed by atoms with E-state index in [-0.39, 0.29) is 0 Å². The van der Waals surface area contributed by atoms with Gasteiger partial charge in [-0.2, -0.15) is 0 Å². The summed E-state index contributed by atoms with van der Waals surface area (Å²) >= 11 is 0. The predicted molar refractivity (Wildman–Crippen MR) is 316 cm³/mol. The lowest BCUT2D eigenvalue weighted by Gasteiger charge is -2.45. The first kappa shape index (κ1) is 45.5. The van der Waals surface area contributed by atoms with Crippen LogP contribution in [-0.2, 0) is 5.41 Å². The normalized spacial score (nSPS) is 12.5. The Hall–Kier alpha value is -10.2. The molecule has 0 unspecified atom stereocenters. The van der Waals surface area contributed by atoms with Crippen LogP contribution in [0.4, 0.5) is 34.1 Å². The van der Waals surface area contributed by atoms with Crippen LogP contribution in [0.1, 0.15) is 22.3 Å². The number of benzene rings is 12. The van der Waals surface area contributed by atoms with Crippen LogP contribution in [0, 0.1) is 0 Å². The van der Waals surface area contributed by atoms with Crippen molar-refractivity contribution in [3.8, 4) is 67.5 Å². The molecule has 0 bridgehead atoms. The lowest BCUT2D eigenvalue weighted by molar-refractivity contribution is 0.399. The zero-order chi connectivity index (χ0) is 51.1. The Balaban J connectivity index is 0.836. The Bertz CT molecular complexity index is 3900. The molecule has 2 aliphatic heterocycles. The molecular formula is C73H50N2O2. The Morgan fingerprint density at radius 3 is 0.753 bits per heavy atom. The number of ether oxygens (including phenoxy) is 2. The van der Waals surface area contributed by atoms with Crippen LogP contribution in [0.15, 0.2) is 303 Å². The Labute approximate surface area is 449 Å². The van der Waals surface area contributed by atoms with E-state index in [0.29, 0.717) is 0 Å². The monoisotopic (exact) mass is 986 g/mol. The number of rotatable bonds is 10. The van der Waals surface area contributed by atoms with E-state index in [4.69, 9.17) is 9.47 Å². The molecule has 4 nitrogen and oxygen atoms in total. The fourth-order valence-electron chi connectivity index (χ4n) is 11.5. The van der Waals surface area contributed by atoms with Crippen molar-refractivity contribution in [2.75, 3.05) is 9.80 Å². The first-order valence-corrected chi connectivity index (χ1v) is 26.2. The summed E-state index contributed by atoms with van der Waals surface area (Å²) in [4.78, 5) is 4.66. The molecule has 2 aliphatic rings. The van der Waals surface area contributed by atoms with Gasteiger partial charge in [-0.1, -0.05) is 212 Å². The molecule has 0 saturated carbocycles. The second kappa shape index (κ2) is 19.3. The molecule has 0 aliphatic carbocycles. The number of fused-ring (bicyclic) bond motifs is 8. The molecule has 0 atom stereocenters. The average Bonchev–Trinajstić information content (AvgIpc) is 3.63. The van der Waals surface area contributed by atoms with Gasteiger partial charge in [0.15, 0.2) is 0 Å². The van der Waals surface area contributed by atoms with Crippen LogP contribution in [-0.4, -0.2) is 0 Å². The van der Waals surface area contributed by atoms with E-state index in [1.165, 1.54) is 27.8 Å². The van der Waals surface area contributed by atoms with Gasteiger partial charge >= 0.3 is 0 Å². The molecule has 0 saturated heterocycles. The summed E-state index contributed by atoms with van der Waals surface area (Å²) in [5.41, 5.74) is 19.2. The van der Waals surface area contributed by atoms with Crippen molar-refractivity contribution in [3.63, 3.8) is 0 Å². The summed E-state index contributed by atoms with van der Waals surface area (Å²) in [7, 11) is 0. The quantitative estimate of drug-likeness (QED) is 0.136. The first-order valence-electron chi connectivity index (χ1n) is 26.2. The molecule has 12 aromatic rings. The lowest BCUT2D eigenvalue weighted by atomic mass is 9.62. The largest absolute Gasteiger partial charge is 0.457 e. The highest BCUT2D eigenvalue weighted by atomic mass is 16.5. The number of para-hydroxylation sites is 3. The molecule has 0 fully saturated rings. The van der Waals surface area contributed by atoms with E-state index in [0.717, 1.165) is 96.1 Å². The fraction of sp³-hybridized carbons (Fsp3) is 0.0137. The van der Waals surface area contributed by atoms with Crippen molar-refractivity contribution >= 4 is 34.1 Å². The summed E-state index contributed by atoms with van der Waals surface area (Å²) in [5.74, 6) is 3.30. The predicted octanol–water partition coefficient (Wildman–Crippen LogP) is 19.9. The van der Waals surface area contributed by atoms with Gasteiger partial charge < -0.3 is 19.3 Å². The molecule has 1 spiro atoms. The molecule has 77 heavy (non-hydrogen) atoms. The molecule has 0 N–H and O–H groups in total. The zero-order valence-electron chi connectivity index (χ0n) is 42.1. The number of nitrogens with zero attached hydrogens (tertiary/aromatic N) is 2. The minimum Gasteiger partial charge on any atom is -0.457 e. The van der Waals surface area contributed by atoms with Gasteiger partial charge in [-0.15, -0.1) is 0 Å². The molecule has 364 valence electrons. The number of anilines is 6. The maximum Gasteiger partial charge on any atom is 0.134 e. The molecule has 0 amide bonds. The van der Waals surface area contributed by atoms with E-state index in [1.807, 2.05) is 12.1 Å². The van der Waals surface area contributed by atoms with Gasteiger partial charge in [-0.3, -0.25) is 0 Å². The van der Waals surface area contributed by atoms with Gasteiger partial charge in [0.05, 0.1) is 5.41 Å². The molecule has 2 heterocycles. The molecular weight excluding hydrogens is 937 g/mol. The molecule has 14 rings (SSSR count). The zero-order valence-corrected chi connectivity index (χ0v) is 42.1. The van der Waals surface area contributed by atoms with Gasteiger partial charge in [0.1, 0.15) is 23.0 Å². The maximum atomic E-state index is 7.01. The van der Waals surface area contributed by atoms with Crippen molar-refractivity contribution in [1.29, 1.82) is 0 Å². The topological polar surface area (TPSA) is 24.9 Å². The third kappa shape index (κ3) is 8.12. The van der Waals surface area contributed by atoms with Crippen LogP contribution in [0.3, 0.4) is 0 Å². The van der Waals surface area contributed by atoms with Crippen molar-refractivity contribution < 1.29 is 9.47 Å². The van der Waals surface area contributed by atoms with Crippen molar-refractivity contribution in [3.05, 3.63) is 326 Å². The molecule has 4 heteroatoms. The highest BCUT2D eigenvalue weighted by Crippen LogP contribution is 2.62. The smallest absolute Gasteiger partial charge is 0.134 e. The average molecular weight is 987 g/mol. The Morgan fingerprint density at radius 1 is 0.195 bits per heavy atom. The fourth-order valence-corrected chi connectivity index (χ4v) is 11.5. The molecule has 0 aromatic heterocycles. The third-order valence-corrected chi connectivity index (χ3v) is 15.2. The highest BCUT2D eigenvalue weighted by Gasteiger charge is 2.50. The minimum atomic E-state index is -0.676. The summed E-state index contributed by atoms with van der Waals surface area (Å²) < 4.78 is 13.6. The van der Waals surface area contributed by atoms with E-state index < -0.39 is 5.41 Å². The van der Waals surface area contributed by atoms with Crippen LogP contribution < -0.4 is 19.3 Å².